The standard InChI is InChI=1S/4C18H15P.C5H5.C3H5.2Pd/c4*1-4-10-16(11-5-1)19(17-12-6-2-7-13-17)18-14-8-3-9-15-18;1-2-4-5-3-1;1-3-2;;/h4*1-15H;1-5H;3H,1-2H2;;/q;;;;;;;-4/p+4. The van der Waals surface area contributed by atoms with Crippen LogP contribution in [-0.2, 0) is 31.5 Å². The Morgan fingerprint density at radius 3 is 0.512 bits per heavy atom. The summed E-state index contributed by atoms with van der Waals surface area (Å²) in [5, 5.41) is 17.4. The molecule has 0 radical (unpaired) electrons. The Labute approximate surface area is 522 Å². The Morgan fingerprint density at radius 2 is 0.384 bits per heavy atom. The first-order valence-corrected chi connectivity index (χ1v) is 48.0. The molecule has 1 aliphatic carbocycles. The molecule has 0 nitrogen and oxygen atoms in total. The van der Waals surface area contributed by atoms with Crippen LogP contribution in [0.15, 0.2) is 401 Å². The van der Waals surface area contributed by atoms with E-state index in [1.165, 1.54) is 68.5 Å². The molecule has 0 fully saturated rings. The third kappa shape index (κ3) is 10.3. The maximum atomic E-state index is 3.69. The van der Waals surface area contributed by atoms with Crippen LogP contribution in [0.25, 0.3) is 0 Å². The van der Waals surface area contributed by atoms with Gasteiger partial charge in [-0.05, 0) is 0 Å². The van der Waals surface area contributed by atoms with E-state index in [9.17, 15) is 0 Å². The summed E-state index contributed by atoms with van der Waals surface area (Å²) in [5.41, 5.74) is -15.7. The van der Waals surface area contributed by atoms with Crippen molar-refractivity contribution in [1.82, 2.24) is 0 Å². The second-order valence-electron chi connectivity index (χ2n) is 21.0. The van der Waals surface area contributed by atoms with Gasteiger partial charge in [0.2, 0.25) is 0 Å². The molecule has 434 valence electrons. The van der Waals surface area contributed by atoms with Gasteiger partial charge in [-0.25, -0.2) is 0 Å². The van der Waals surface area contributed by atoms with Gasteiger partial charge >= 0.3 is 527 Å². The quantitative estimate of drug-likeness (QED) is 0.0430. The monoisotopic (exact) mass is 1370 g/mol. The molecule has 0 saturated carbocycles. The summed E-state index contributed by atoms with van der Waals surface area (Å²) < 4.78 is 0.733. The van der Waals surface area contributed by atoms with Crippen LogP contribution in [0.1, 0.15) is 0 Å². The summed E-state index contributed by atoms with van der Waals surface area (Å²) in [6.07, 6.45) is 10.7. The fraction of sp³-hybridized carbons (Fsp3) is 0.0250. The van der Waals surface area contributed by atoms with Crippen LogP contribution >= 0.6 is 21.8 Å². The minimum atomic E-state index is -4.52. The van der Waals surface area contributed by atoms with Crippen molar-refractivity contribution in [1.29, 1.82) is 0 Å². The van der Waals surface area contributed by atoms with E-state index < -0.39 is 35.4 Å². The van der Waals surface area contributed by atoms with Crippen molar-refractivity contribution < 1.29 is 31.5 Å². The second-order valence-corrected chi connectivity index (χ2v) is 73.9. The van der Waals surface area contributed by atoms with Crippen molar-refractivity contribution in [3.05, 3.63) is 401 Å². The first-order valence-electron chi connectivity index (χ1n) is 29.5. The van der Waals surface area contributed by atoms with Crippen LogP contribution in [-0.4, -0.2) is 0 Å². The van der Waals surface area contributed by atoms with Crippen molar-refractivity contribution in [3.63, 3.8) is 0 Å². The van der Waals surface area contributed by atoms with Crippen molar-refractivity contribution in [3.8, 4) is 0 Å². The SMILES string of the molecule is C=C[CH2][Pd][CH]1C=CC=C1.c1ccc([PH](c2ccccc2)(c2ccccc2)[Pd]([PH](c2ccccc2)(c2ccccc2)c2ccccc2)([PH](c2ccccc2)(c2ccccc2)c2ccccc2)[PH](c2ccccc2)(c2ccccc2)c2ccccc2)cc1. The van der Waals surface area contributed by atoms with Gasteiger partial charge in [0.15, 0.2) is 0 Å². The predicted molar refractivity (Wildman–Crippen MR) is 383 cm³/mol. The van der Waals surface area contributed by atoms with Gasteiger partial charge < -0.3 is 0 Å². The minimum absolute atomic E-state index is 0.733. The molecule has 0 N–H and O–H groups in total. The van der Waals surface area contributed by atoms with Crippen LogP contribution in [0, 0.1) is 0 Å². The number of benzene rings is 12. The summed E-state index contributed by atoms with van der Waals surface area (Å²) in [7, 11) is 0. The van der Waals surface area contributed by atoms with E-state index in [1.807, 2.05) is 6.08 Å². The van der Waals surface area contributed by atoms with Gasteiger partial charge in [0, 0.05) is 0 Å². The molecule has 0 aliphatic heterocycles. The second kappa shape index (κ2) is 27.7. The van der Waals surface area contributed by atoms with E-state index in [0.29, 0.717) is 0 Å². The van der Waals surface area contributed by atoms with Crippen LogP contribution in [0.5, 0.6) is 0 Å². The number of hydrogen-bond acceptors (Lipinski definition) is 0. The number of rotatable bonds is 19. The van der Waals surface area contributed by atoms with E-state index in [0.717, 1.165) is 22.4 Å². The summed E-state index contributed by atoms with van der Waals surface area (Å²) in [5.74, 6) is 0. The van der Waals surface area contributed by atoms with E-state index in [4.69, 9.17) is 0 Å². The summed E-state index contributed by atoms with van der Waals surface area (Å²) in [6, 6.07) is 146. The molecule has 0 atom stereocenters. The first kappa shape index (κ1) is 59.2. The molecule has 0 spiro atoms. The molecule has 13 rings (SSSR count). The van der Waals surface area contributed by atoms with Crippen LogP contribution in [0.2, 0.25) is 9.28 Å². The molecule has 86 heavy (non-hydrogen) atoms. The average molecular weight is 1370 g/mol. The predicted octanol–water partition coefficient (Wildman–Crippen LogP) is 15.3. The van der Waals surface area contributed by atoms with E-state index >= 15 is 0 Å². The van der Waals surface area contributed by atoms with Crippen LogP contribution < -0.4 is 63.7 Å². The molecule has 0 bridgehead atoms. The molecule has 0 saturated heterocycles. The molecule has 0 aromatic heterocycles. The van der Waals surface area contributed by atoms with E-state index in [-0.39, 0.29) is 0 Å². The van der Waals surface area contributed by atoms with Gasteiger partial charge in [-0.3, -0.25) is 0 Å². The molecule has 12 aromatic rings. The Hall–Kier alpha value is -7.10. The Bertz CT molecular complexity index is 3180. The average Bonchev–Trinajstić information content (AvgIpc) is 0.630. The molecule has 0 unspecified atom stereocenters. The Balaban J connectivity index is 0.000000738. The van der Waals surface area contributed by atoms with Gasteiger partial charge in [-0.2, -0.15) is 0 Å². The summed E-state index contributed by atoms with van der Waals surface area (Å²) in [6.45, 7) is 3.69. The summed E-state index contributed by atoms with van der Waals surface area (Å²) >= 11 is -3.71. The van der Waals surface area contributed by atoms with Crippen LogP contribution in [0.3, 0.4) is 0 Å². The molecule has 12 aromatic carbocycles. The third-order valence-corrected chi connectivity index (χ3v) is 122. The molecule has 1 aliphatic rings. The fourth-order valence-corrected chi connectivity index (χ4v) is 177. The van der Waals surface area contributed by atoms with Gasteiger partial charge in [0.1, 0.15) is 0 Å². The molecular weight excluding hydrogens is 1300 g/mol. The number of hydrogen-bond donors (Lipinski definition) is 0. The zero-order valence-electron chi connectivity index (χ0n) is 48.2. The fourth-order valence-electron chi connectivity index (χ4n) is 13.2. The van der Waals surface area contributed by atoms with Gasteiger partial charge in [0.25, 0.3) is 0 Å². The van der Waals surface area contributed by atoms with Gasteiger partial charge in [-0.15, -0.1) is 0 Å². The zero-order valence-corrected chi connectivity index (χ0v) is 55.3. The Kier molecular flexibility index (Phi) is 19.1. The zero-order chi connectivity index (χ0) is 58.4. The maximum absolute atomic E-state index is 4.52. The van der Waals surface area contributed by atoms with Crippen molar-refractivity contribution in [2.45, 2.75) is 9.28 Å². The first-order chi connectivity index (χ1) is 42.7. The van der Waals surface area contributed by atoms with Crippen molar-refractivity contribution >= 4 is 85.5 Å². The van der Waals surface area contributed by atoms with E-state index in [2.05, 4.69) is 395 Å². The van der Waals surface area contributed by atoms with Gasteiger partial charge in [-0.1, -0.05) is 0 Å². The number of allylic oxidation sites excluding steroid dienone is 5. The topological polar surface area (TPSA) is 0 Å². The van der Waals surface area contributed by atoms with Gasteiger partial charge in [0.05, 0.1) is 0 Å². The molecule has 6 heteroatoms. The summed E-state index contributed by atoms with van der Waals surface area (Å²) in [4.78, 5) is 1.17. The van der Waals surface area contributed by atoms with Crippen molar-refractivity contribution in [2.75, 3.05) is 0 Å². The van der Waals surface area contributed by atoms with Crippen LogP contribution in [0.4, 0.5) is 0 Å². The Morgan fingerprint density at radius 1 is 0.244 bits per heavy atom. The normalized spacial score (nSPS) is 14.4. The third-order valence-electron chi connectivity index (χ3n) is 16.3. The molecular formula is C80H74P4Pd2. The molecule has 0 amide bonds. The molecule has 0 heterocycles. The van der Waals surface area contributed by atoms with Crippen molar-refractivity contribution in [2.24, 2.45) is 0 Å². The van der Waals surface area contributed by atoms with E-state index in [1.54, 1.807) is 0 Å².